The quantitative estimate of drug-likeness (QED) is 0.731. The van der Waals surface area contributed by atoms with Gasteiger partial charge in [-0.1, -0.05) is 18.7 Å². The zero-order valence-corrected chi connectivity index (χ0v) is 9.66. The average molecular weight is 243 g/mol. The van der Waals surface area contributed by atoms with Gasteiger partial charge in [0.25, 0.3) is 0 Å². The third-order valence-corrected chi connectivity index (χ3v) is 3.70. The number of H-pyrrole nitrogens is 1. The SMILES string of the molecule is CC1CC1Cn1c(SCC(=O)O)n[nH]c1=O. The second-order valence-corrected chi connectivity index (χ2v) is 5.02. The Balaban J connectivity index is 2.06. The van der Waals surface area contributed by atoms with Crippen molar-refractivity contribution in [1.82, 2.24) is 14.8 Å². The molecule has 7 heteroatoms. The van der Waals surface area contributed by atoms with Crippen LogP contribution in [0.3, 0.4) is 0 Å². The zero-order chi connectivity index (χ0) is 11.7. The van der Waals surface area contributed by atoms with Crippen molar-refractivity contribution in [2.45, 2.75) is 25.0 Å². The van der Waals surface area contributed by atoms with E-state index >= 15 is 0 Å². The van der Waals surface area contributed by atoms with Gasteiger partial charge in [-0.05, 0) is 18.3 Å². The maximum atomic E-state index is 11.4. The van der Waals surface area contributed by atoms with Crippen LogP contribution in [0.25, 0.3) is 0 Å². The average Bonchev–Trinajstić information content (AvgIpc) is 2.79. The van der Waals surface area contributed by atoms with Gasteiger partial charge in [0.1, 0.15) is 0 Å². The van der Waals surface area contributed by atoms with Crippen molar-refractivity contribution in [3.05, 3.63) is 10.5 Å². The van der Waals surface area contributed by atoms with Gasteiger partial charge < -0.3 is 5.11 Å². The highest BCUT2D eigenvalue weighted by molar-refractivity contribution is 7.99. The van der Waals surface area contributed by atoms with Crippen molar-refractivity contribution in [3.63, 3.8) is 0 Å². The van der Waals surface area contributed by atoms with E-state index in [1.165, 1.54) is 4.57 Å². The highest BCUT2D eigenvalue weighted by Gasteiger charge is 2.33. The van der Waals surface area contributed by atoms with Crippen LogP contribution in [0.4, 0.5) is 0 Å². The fourth-order valence-electron chi connectivity index (χ4n) is 1.59. The Kier molecular flexibility index (Phi) is 3.04. The molecule has 1 aliphatic carbocycles. The molecule has 0 aromatic carbocycles. The molecule has 1 aliphatic rings. The summed E-state index contributed by atoms with van der Waals surface area (Å²) in [6.07, 6.45) is 1.13. The number of aliphatic carboxylic acids is 1. The normalized spacial score (nSPS) is 23.3. The van der Waals surface area contributed by atoms with Crippen molar-refractivity contribution in [3.8, 4) is 0 Å². The van der Waals surface area contributed by atoms with Crippen LogP contribution in [0, 0.1) is 11.8 Å². The molecule has 2 atom stereocenters. The van der Waals surface area contributed by atoms with E-state index in [4.69, 9.17) is 5.11 Å². The Labute approximate surface area is 96.0 Å². The van der Waals surface area contributed by atoms with Crippen molar-refractivity contribution in [2.24, 2.45) is 11.8 Å². The Morgan fingerprint density at radius 2 is 2.44 bits per heavy atom. The summed E-state index contributed by atoms with van der Waals surface area (Å²) >= 11 is 1.07. The molecular weight excluding hydrogens is 230 g/mol. The highest BCUT2D eigenvalue weighted by Crippen LogP contribution is 2.39. The first-order valence-corrected chi connectivity index (χ1v) is 6.06. The molecule has 6 nitrogen and oxygen atoms in total. The van der Waals surface area contributed by atoms with Crippen LogP contribution < -0.4 is 5.69 Å². The lowest BCUT2D eigenvalue weighted by atomic mass is 10.3. The molecule has 2 N–H and O–H groups in total. The molecule has 0 radical (unpaired) electrons. The van der Waals surface area contributed by atoms with Crippen molar-refractivity contribution in [2.75, 3.05) is 5.75 Å². The van der Waals surface area contributed by atoms with Gasteiger partial charge in [0.2, 0.25) is 0 Å². The lowest BCUT2D eigenvalue weighted by Gasteiger charge is -2.02. The molecule has 0 bridgehead atoms. The molecular formula is C9H13N3O3S. The summed E-state index contributed by atoms with van der Waals surface area (Å²) in [4.78, 5) is 21.9. The second kappa shape index (κ2) is 4.32. The Morgan fingerprint density at radius 3 is 3.00 bits per heavy atom. The molecule has 2 unspecified atom stereocenters. The first-order chi connectivity index (χ1) is 7.58. The van der Waals surface area contributed by atoms with Crippen LogP contribution >= 0.6 is 11.8 Å². The molecule has 1 aromatic rings. The Morgan fingerprint density at radius 1 is 1.75 bits per heavy atom. The smallest absolute Gasteiger partial charge is 0.343 e. The number of nitrogens with zero attached hydrogens (tertiary/aromatic N) is 2. The summed E-state index contributed by atoms with van der Waals surface area (Å²) in [5, 5.41) is 15.2. The van der Waals surface area contributed by atoms with Crippen molar-refractivity contribution in [1.29, 1.82) is 0 Å². The van der Waals surface area contributed by atoms with Gasteiger partial charge in [-0.3, -0.25) is 9.36 Å². The fraction of sp³-hybridized carbons (Fsp3) is 0.667. The van der Waals surface area contributed by atoms with Crippen LogP contribution in [0.15, 0.2) is 9.95 Å². The number of nitrogens with one attached hydrogen (secondary N) is 1. The van der Waals surface area contributed by atoms with Gasteiger partial charge in [-0.15, -0.1) is 5.10 Å². The highest BCUT2D eigenvalue weighted by atomic mass is 32.2. The maximum Gasteiger partial charge on any atom is 0.343 e. The van der Waals surface area contributed by atoms with Crippen LogP contribution in [-0.2, 0) is 11.3 Å². The van der Waals surface area contributed by atoms with Gasteiger partial charge in [0.05, 0.1) is 5.75 Å². The van der Waals surface area contributed by atoms with Crippen molar-refractivity contribution >= 4 is 17.7 Å². The third-order valence-electron chi connectivity index (χ3n) is 2.74. The van der Waals surface area contributed by atoms with Gasteiger partial charge in [0, 0.05) is 6.54 Å². The second-order valence-electron chi connectivity index (χ2n) is 4.08. The predicted molar refractivity (Wildman–Crippen MR) is 58.5 cm³/mol. The first-order valence-electron chi connectivity index (χ1n) is 5.07. The molecule has 0 aliphatic heterocycles. The van der Waals surface area contributed by atoms with E-state index in [1.54, 1.807) is 0 Å². The number of carbonyl (C=O) groups is 1. The molecule has 1 heterocycles. The summed E-state index contributed by atoms with van der Waals surface area (Å²) < 4.78 is 1.53. The molecule has 0 spiro atoms. The predicted octanol–water partition coefficient (Wildman–Crippen LogP) is 0.404. The number of rotatable bonds is 5. The number of hydrogen-bond acceptors (Lipinski definition) is 4. The minimum Gasteiger partial charge on any atom is -0.481 e. The third kappa shape index (κ3) is 2.46. The molecule has 2 rings (SSSR count). The zero-order valence-electron chi connectivity index (χ0n) is 8.84. The van der Waals surface area contributed by atoms with E-state index in [0.717, 1.165) is 18.2 Å². The van der Waals surface area contributed by atoms with E-state index in [0.29, 0.717) is 23.5 Å². The van der Waals surface area contributed by atoms with Crippen molar-refractivity contribution < 1.29 is 9.90 Å². The van der Waals surface area contributed by atoms with Crippen LogP contribution in [0.1, 0.15) is 13.3 Å². The van der Waals surface area contributed by atoms with Crippen LogP contribution in [-0.4, -0.2) is 31.6 Å². The van der Waals surface area contributed by atoms with Gasteiger partial charge >= 0.3 is 11.7 Å². The summed E-state index contributed by atoms with van der Waals surface area (Å²) in [6, 6.07) is 0. The lowest BCUT2D eigenvalue weighted by molar-refractivity contribution is -0.133. The minimum atomic E-state index is -0.910. The fourth-order valence-corrected chi connectivity index (χ4v) is 2.26. The number of carboxylic acids is 1. The summed E-state index contributed by atoms with van der Waals surface area (Å²) in [5.74, 6) is 0.190. The van der Waals surface area contributed by atoms with Gasteiger partial charge in [0.15, 0.2) is 5.16 Å². The molecule has 0 amide bonds. The summed E-state index contributed by atoms with van der Waals surface area (Å²) in [6.45, 7) is 2.78. The van der Waals surface area contributed by atoms with E-state index in [9.17, 15) is 9.59 Å². The number of carboxylic acid groups (broad SMARTS) is 1. The van der Waals surface area contributed by atoms with E-state index in [1.807, 2.05) is 0 Å². The lowest BCUT2D eigenvalue weighted by Crippen LogP contribution is -2.19. The summed E-state index contributed by atoms with van der Waals surface area (Å²) in [5.41, 5.74) is -0.257. The number of aromatic nitrogens is 3. The first kappa shape index (κ1) is 11.3. The molecule has 1 saturated carbocycles. The maximum absolute atomic E-state index is 11.4. The molecule has 16 heavy (non-hydrogen) atoms. The van der Waals surface area contributed by atoms with Crippen LogP contribution in [0.5, 0.6) is 0 Å². The monoisotopic (exact) mass is 243 g/mol. The standard InChI is InChI=1S/C9H13N3O3S/c1-5-2-6(5)3-12-8(15)10-11-9(12)16-4-7(13)14/h5-6H,2-4H2,1H3,(H,10,15)(H,13,14). The Bertz CT molecular complexity index is 453. The van der Waals surface area contributed by atoms with Gasteiger partial charge in [-0.25, -0.2) is 9.89 Å². The number of aromatic amines is 1. The number of hydrogen-bond donors (Lipinski definition) is 2. The molecule has 1 aromatic heterocycles. The molecule has 0 saturated heterocycles. The van der Waals surface area contributed by atoms with E-state index in [-0.39, 0.29) is 11.4 Å². The van der Waals surface area contributed by atoms with Crippen LogP contribution in [0.2, 0.25) is 0 Å². The number of thioether (sulfide) groups is 1. The Hall–Kier alpha value is -1.24. The summed E-state index contributed by atoms with van der Waals surface area (Å²) in [7, 11) is 0. The minimum absolute atomic E-state index is 0.0789. The molecule has 1 fully saturated rings. The topological polar surface area (TPSA) is 88.0 Å². The molecule has 88 valence electrons. The van der Waals surface area contributed by atoms with E-state index < -0.39 is 5.97 Å². The largest absolute Gasteiger partial charge is 0.481 e. The van der Waals surface area contributed by atoms with E-state index in [2.05, 4.69) is 17.1 Å². The van der Waals surface area contributed by atoms with Gasteiger partial charge in [-0.2, -0.15) is 0 Å².